The van der Waals surface area contributed by atoms with Crippen molar-refractivity contribution < 1.29 is 0 Å². The molecule has 1 nitrogen and oxygen atoms in total. The lowest BCUT2D eigenvalue weighted by Crippen LogP contribution is -2.16. The summed E-state index contributed by atoms with van der Waals surface area (Å²) in [6.07, 6.45) is 0. The van der Waals surface area contributed by atoms with Crippen LogP contribution in [0.3, 0.4) is 0 Å². The summed E-state index contributed by atoms with van der Waals surface area (Å²) < 4.78 is 5.32. The molecule has 0 radical (unpaired) electrons. The van der Waals surface area contributed by atoms with Crippen LogP contribution in [0.5, 0.6) is 0 Å². The van der Waals surface area contributed by atoms with E-state index in [-0.39, 0.29) is 5.41 Å². The highest BCUT2D eigenvalue weighted by Gasteiger charge is 2.37. The number of rotatable bonds is 4. The smallest absolute Gasteiger partial charge is 0.0543 e. The van der Waals surface area contributed by atoms with Crippen LogP contribution in [-0.4, -0.2) is 0 Å². The minimum absolute atomic E-state index is 0.0849. The van der Waals surface area contributed by atoms with Crippen LogP contribution in [0.1, 0.15) is 25.0 Å². The average Bonchev–Trinajstić information content (AvgIpc) is 3.83. The second kappa shape index (κ2) is 11.1. The lowest BCUT2D eigenvalue weighted by molar-refractivity contribution is 0.660. The van der Waals surface area contributed by atoms with E-state index in [4.69, 9.17) is 0 Å². The molecular weight excluding hydrogens is 667 g/mol. The Morgan fingerprint density at radius 2 is 1.04 bits per heavy atom. The summed E-state index contributed by atoms with van der Waals surface area (Å²) >= 11 is 3.77. The van der Waals surface area contributed by atoms with E-state index in [1.54, 1.807) is 0 Å². The molecule has 0 saturated carbocycles. The van der Waals surface area contributed by atoms with Gasteiger partial charge in [-0.1, -0.05) is 129 Å². The van der Waals surface area contributed by atoms with Crippen molar-refractivity contribution in [2.75, 3.05) is 4.90 Å². The number of anilines is 3. The topological polar surface area (TPSA) is 3.24 Å². The van der Waals surface area contributed by atoms with Crippen LogP contribution in [0.25, 0.3) is 73.4 Å². The lowest BCUT2D eigenvalue weighted by atomic mass is 9.82. The summed E-state index contributed by atoms with van der Waals surface area (Å²) in [5.74, 6) is 0. The van der Waals surface area contributed by atoms with Crippen molar-refractivity contribution in [3.63, 3.8) is 0 Å². The van der Waals surface area contributed by atoms with Gasteiger partial charge in [0.05, 0.1) is 5.69 Å². The second-order valence-corrected chi connectivity index (χ2v) is 16.6. The number of fused-ring (bicyclic) bond motifs is 11. The van der Waals surface area contributed by atoms with Crippen molar-refractivity contribution in [2.45, 2.75) is 19.3 Å². The number of nitrogens with zero attached hydrogens (tertiary/aromatic N) is 1. The van der Waals surface area contributed by atoms with E-state index in [9.17, 15) is 0 Å². The van der Waals surface area contributed by atoms with Gasteiger partial charge in [0.1, 0.15) is 0 Å². The van der Waals surface area contributed by atoms with Gasteiger partial charge < -0.3 is 4.90 Å². The fourth-order valence-electron chi connectivity index (χ4n) is 8.78. The van der Waals surface area contributed by atoms with Gasteiger partial charge in [-0.3, -0.25) is 0 Å². The molecule has 0 atom stereocenters. The highest BCUT2D eigenvalue weighted by atomic mass is 32.1. The fraction of sp³-hybridized carbons (Fsp3) is 0.0612. The molecule has 0 bridgehead atoms. The van der Waals surface area contributed by atoms with Crippen LogP contribution in [0, 0.1) is 0 Å². The summed E-state index contributed by atoms with van der Waals surface area (Å²) in [5.41, 5.74) is 11.3. The summed E-state index contributed by atoms with van der Waals surface area (Å²) in [7, 11) is 0. The third-order valence-electron chi connectivity index (χ3n) is 11.3. The molecule has 8 aromatic carbocycles. The number of hydrogen-bond acceptors (Lipinski definition) is 3. The molecule has 0 amide bonds. The van der Waals surface area contributed by atoms with E-state index in [1.807, 2.05) is 22.7 Å². The zero-order valence-corrected chi connectivity index (χ0v) is 30.5. The molecule has 0 saturated heterocycles. The lowest BCUT2D eigenvalue weighted by Gasteiger charge is -2.29. The van der Waals surface area contributed by atoms with Gasteiger partial charge in [-0.2, -0.15) is 0 Å². The minimum atomic E-state index is -0.0849. The highest BCUT2D eigenvalue weighted by molar-refractivity contribution is 7.26. The summed E-state index contributed by atoms with van der Waals surface area (Å²) in [6.45, 7) is 4.73. The van der Waals surface area contributed by atoms with Crippen LogP contribution in [0.2, 0.25) is 0 Å². The van der Waals surface area contributed by atoms with Crippen molar-refractivity contribution in [3.8, 4) is 22.3 Å². The van der Waals surface area contributed by atoms with Gasteiger partial charge in [-0.05, 0) is 81.7 Å². The molecule has 0 N–H and O–H groups in total. The second-order valence-electron chi connectivity index (χ2n) is 14.5. The van der Waals surface area contributed by atoms with E-state index in [2.05, 4.69) is 183 Å². The standard InChI is InChI=1S/C49H33NS2/c1-49(2)41-17-8-5-16-38(41)47-42(49)18-11-19-43(47)50(32-26-27-36-34-13-6-9-20-44(34)51-46(36)28-32)31-24-22-30(23-25-31)39-29-40-35-14-7-10-21-45(35)52-48(40)37-15-4-3-12-33(37)39/h3-29H,1-2H3. The Labute approximate surface area is 310 Å². The quantitative estimate of drug-likeness (QED) is 0.177. The van der Waals surface area contributed by atoms with E-state index in [0.29, 0.717) is 0 Å². The first-order chi connectivity index (χ1) is 25.5. The van der Waals surface area contributed by atoms with Gasteiger partial charge in [0.2, 0.25) is 0 Å². The van der Waals surface area contributed by atoms with E-state index < -0.39 is 0 Å². The molecular formula is C49H33NS2. The first kappa shape index (κ1) is 29.9. The Bertz CT molecular complexity index is 3050. The predicted octanol–water partition coefficient (Wildman–Crippen LogP) is 15.0. The van der Waals surface area contributed by atoms with Gasteiger partial charge in [0.15, 0.2) is 0 Å². The first-order valence-electron chi connectivity index (χ1n) is 17.9. The summed E-state index contributed by atoms with van der Waals surface area (Å²) in [5, 5.41) is 7.91. The van der Waals surface area contributed by atoms with Crippen molar-refractivity contribution in [1.82, 2.24) is 0 Å². The average molecular weight is 700 g/mol. The molecule has 0 aliphatic heterocycles. The monoisotopic (exact) mass is 699 g/mol. The van der Waals surface area contributed by atoms with Gasteiger partial charge >= 0.3 is 0 Å². The molecule has 2 aromatic heterocycles. The van der Waals surface area contributed by atoms with Crippen LogP contribution >= 0.6 is 22.7 Å². The SMILES string of the molecule is CC1(C)c2ccccc2-c2c(N(c3ccc(-c4cc5c6ccccc6sc5c5ccccc45)cc3)c3ccc4c(c3)sc3ccccc34)cccc21. The molecule has 0 unspecified atom stereocenters. The maximum atomic E-state index is 2.48. The van der Waals surface area contributed by atoms with Gasteiger partial charge in [0.25, 0.3) is 0 Å². The van der Waals surface area contributed by atoms with Gasteiger partial charge in [-0.25, -0.2) is 0 Å². The maximum Gasteiger partial charge on any atom is 0.0543 e. The predicted molar refractivity (Wildman–Crippen MR) is 227 cm³/mol. The molecule has 2 heterocycles. The molecule has 11 rings (SSSR count). The van der Waals surface area contributed by atoms with E-state index >= 15 is 0 Å². The van der Waals surface area contributed by atoms with Crippen LogP contribution in [-0.2, 0) is 5.41 Å². The van der Waals surface area contributed by atoms with Crippen LogP contribution in [0.4, 0.5) is 17.1 Å². The third-order valence-corrected chi connectivity index (χ3v) is 13.6. The highest BCUT2D eigenvalue weighted by Crippen LogP contribution is 2.54. The van der Waals surface area contributed by atoms with Crippen LogP contribution < -0.4 is 4.90 Å². The van der Waals surface area contributed by atoms with Crippen molar-refractivity contribution in [2.24, 2.45) is 0 Å². The van der Waals surface area contributed by atoms with E-state index in [1.165, 1.54) is 95.9 Å². The zero-order valence-electron chi connectivity index (χ0n) is 28.9. The Hall–Kier alpha value is -5.74. The van der Waals surface area contributed by atoms with Crippen molar-refractivity contribution >= 4 is 90.9 Å². The maximum absolute atomic E-state index is 2.48. The normalized spacial score (nSPS) is 13.3. The van der Waals surface area contributed by atoms with E-state index in [0.717, 1.165) is 5.69 Å². The fourth-order valence-corrected chi connectivity index (χ4v) is 11.1. The van der Waals surface area contributed by atoms with Crippen molar-refractivity contribution in [1.29, 1.82) is 0 Å². The Balaban J connectivity index is 1.13. The number of benzene rings is 8. The largest absolute Gasteiger partial charge is 0.310 e. The molecule has 1 aliphatic rings. The van der Waals surface area contributed by atoms with Crippen LogP contribution in [0.15, 0.2) is 164 Å². The minimum Gasteiger partial charge on any atom is -0.310 e. The molecule has 0 spiro atoms. The first-order valence-corrected chi connectivity index (χ1v) is 19.6. The molecule has 246 valence electrons. The molecule has 52 heavy (non-hydrogen) atoms. The summed E-state index contributed by atoms with van der Waals surface area (Å²) in [4.78, 5) is 2.48. The molecule has 10 aromatic rings. The molecule has 3 heteroatoms. The number of hydrogen-bond donors (Lipinski definition) is 0. The molecule has 0 fully saturated rings. The summed E-state index contributed by atoms with van der Waals surface area (Å²) in [6, 6.07) is 61.0. The third kappa shape index (κ3) is 4.27. The van der Waals surface area contributed by atoms with Gasteiger partial charge in [0, 0.05) is 68.1 Å². The van der Waals surface area contributed by atoms with Gasteiger partial charge in [-0.15, -0.1) is 22.7 Å². The Morgan fingerprint density at radius 1 is 0.423 bits per heavy atom. The Kier molecular flexibility index (Phi) is 6.41. The zero-order chi connectivity index (χ0) is 34.6. The van der Waals surface area contributed by atoms with Crippen molar-refractivity contribution in [3.05, 3.63) is 175 Å². The molecule has 1 aliphatic carbocycles. The number of thiophene rings is 2. The Morgan fingerprint density at radius 3 is 1.85 bits per heavy atom.